The van der Waals surface area contributed by atoms with Crippen molar-refractivity contribution in [3.8, 4) is 0 Å². The number of non-ortho nitro benzene ring substituents is 1. The Morgan fingerprint density at radius 1 is 1.29 bits per heavy atom. The minimum Gasteiger partial charge on any atom is -0.352 e. The first kappa shape index (κ1) is 17.4. The average molecular weight is 313 g/mol. The molecule has 21 heavy (non-hydrogen) atoms. The van der Waals surface area contributed by atoms with E-state index in [9.17, 15) is 14.9 Å². The van der Waals surface area contributed by atoms with Gasteiger partial charge in [-0.3, -0.25) is 14.9 Å². The molecule has 0 saturated heterocycles. The molecule has 0 atom stereocenters. The highest BCUT2D eigenvalue weighted by atomic mass is 35.5. The standard InChI is InChI=1S/C15H21ClN2O3/c1-9(2)13(10(3)4)8-17-15(19)12-6-5-11(18(20)21)7-14(12)16/h5-7,9-10,13H,8H2,1-4H3,(H,17,19). The van der Waals surface area contributed by atoms with Crippen LogP contribution in [0.2, 0.25) is 5.02 Å². The zero-order valence-electron chi connectivity index (χ0n) is 12.7. The topological polar surface area (TPSA) is 72.2 Å². The predicted octanol–water partition coefficient (Wildman–Crippen LogP) is 3.91. The van der Waals surface area contributed by atoms with E-state index in [1.54, 1.807) is 0 Å². The molecule has 0 heterocycles. The van der Waals surface area contributed by atoms with Gasteiger partial charge in [-0.1, -0.05) is 39.3 Å². The second-order valence-electron chi connectivity index (χ2n) is 5.78. The van der Waals surface area contributed by atoms with Crippen molar-refractivity contribution in [1.29, 1.82) is 0 Å². The molecule has 1 rings (SSSR count). The molecule has 0 aliphatic carbocycles. The van der Waals surface area contributed by atoms with Gasteiger partial charge in [0.15, 0.2) is 0 Å². The summed E-state index contributed by atoms with van der Waals surface area (Å²) in [6, 6.07) is 3.86. The number of nitro benzene ring substituents is 1. The van der Waals surface area contributed by atoms with E-state index in [0.717, 1.165) is 0 Å². The first-order chi connectivity index (χ1) is 9.73. The third-order valence-electron chi connectivity index (χ3n) is 3.62. The third-order valence-corrected chi connectivity index (χ3v) is 3.93. The van der Waals surface area contributed by atoms with Gasteiger partial charge in [-0.25, -0.2) is 0 Å². The van der Waals surface area contributed by atoms with E-state index in [1.165, 1.54) is 18.2 Å². The van der Waals surface area contributed by atoms with Crippen molar-refractivity contribution < 1.29 is 9.72 Å². The molecule has 0 fully saturated rings. The Labute approximate surface area is 129 Å². The van der Waals surface area contributed by atoms with Gasteiger partial charge in [0.25, 0.3) is 11.6 Å². The molecular weight excluding hydrogens is 292 g/mol. The summed E-state index contributed by atoms with van der Waals surface area (Å²) in [6.07, 6.45) is 0. The van der Waals surface area contributed by atoms with Crippen molar-refractivity contribution in [3.63, 3.8) is 0 Å². The molecule has 5 nitrogen and oxygen atoms in total. The van der Waals surface area contributed by atoms with Crippen LogP contribution < -0.4 is 5.32 Å². The molecule has 0 spiro atoms. The normalized spacial score (nSPS) is 11.2. The second-order valence-corrected chi connectivity index (χ2v) is 6.19. The number of carbonyl (C=O) groups excluding carboxylic acids is 1. The molecule has 6 heteroatoms. The summed E-state index contributed by atoms with van der Waals surface area (Å²) in [5, 5.41) is 13.6. The van der Waals surface area contributed by atoms with E-state index in [-0.39, 0.29) is 22.2 Å². The molecule has 1 amide bonds. The van der Waals surface area contributed by atoms with Crippen molar-refractivity contribution in [2.45, 2.75) is 27.7 Å². The molecule has 0 aromatic heterocycles. The maximum atomic E-state index is 12.1. The number of nitrogens with one attached hydrogen (secondary N) is 1. The zero-order chi connectivity index (χ0) is 16.2. The first-order valence-corrected chi connectivity index (χ1v) is 7.34. The van der Waals surface area contributed by atoms with E-state index in [1.807, 2.05) is 0 Å². The number of nitro groups is 1. The third kappa shape index (κ3) is 4.70. The van der Waals surface area contributed by atoms with Crippen LogP contribution in [-0.2, 0) is 0 Å². The van der Waals surface area contributed by atoms with Crippen LogP contribution in [-0.4, -0.2) is 17.4 Å². The molecule has 0 aliphatic rings. The van der Waals surface area contributed by atoms with Crippen LogP contribution in [0.15, 0.2) is 18.2 Å². The summed E-state index contributed by atoms with van der Waals surface area (Å²) in [5.74, 6) is 0.974. The maximum Gasteiger partial charge on any atom is 0.270 e. The summed E-state index contributed by atoms with van der Waals surface area (Å²) in [5.41, 5.74) is 0.132. The van der Waals surface area contributed by atoms with Crippen molar-refractivity contribution >= 4 is 23.2 Å². The van der Waals surface area contributed by atoms with Crippen LogP contribution in [0, 0.1) is 27.9 Å². The van der Waals surface area contributed by atoms with Gasteiger partial charge in [0.2, 0.25) is 0 Å². The second kappa shape index (κ2) is 7.41. The summed E-state index contributed by atoms with van der Waals surface area (Å²) >= 11 is 5.94. The van der Waals surface area contributed by atoms with Gasteiger partial charge in [-0.15, -0.1) is 0 Å². The molecule has 1 N–H and O–H groups in total. The molecule has 0 bridgehead atoms. The van der Waals surface area contributed by atoms with Crippen LogP contribution in [0.3, 0.4) is 0 Å². The fourth-order valence-corrected chi connectivity index (χ4v) is 2.61. The highest BCUT2D eigenvalue weighted by Crippen LogP contribution is 2.23. The minimum atomic E-state index is -0.541. The molecule has 0 radical (unpaired) electrons. The highest BCUT2D eigenvalue weighted by Gasteiger charge is 2.20. The lowest BCUT2D eigenvalue weighted by atomic mass is 9.85. The number of rotatable bonds is 6. The van der Waals surface area contributed by atoms with Crippen molar-refractivity contribution in [1.82, 2.24) is 5.32 Å². The van der Waals surface area contributed by atoms with Gasteiger partial charge in [-0.05, 0) is 23.8 Å². The summed E-state index contributed by atoms with van der Waals surface area (Å²) in [6.45, 7) is 9.04. The van der Waals surface area contributed by atoms with Crippen molar-refractivity contribution in [2.75, 3.05) is 6.54 Å². The largest absolute Gasteiger partial charge is 0.352 e. The van der Waals surface area contributed by atoms with E-state index in [2.05, 4.69) is 33.0 Å². The van der Waals surface area contributed by atoms with E-state index in [0.29, 0.717) is 24.3 Å². The summed E-state index contributed by atoms with van der Waals surface area (Å²) in [7, 11) is 0. The Bertz CT molecular complexity index is 522. The number of hydrogen-bond acceptors (Lipinski definition) is 3. The number of halogens is 1. The predicted molar refractivity (Wildman–Crippen MR) is 83.6 cm³/mol. The average Bonchev–Trinajstić information content (AvgIpc) is 2.37. The van der Waals surface area contributed by atoms with Crippen LogP contribution in [0.5, 0.6) is 0 Å². The smallest absolute Gasteiger partial charge is 0.270 e. The van der Waals surface area contributed by atoms with Crippen LogP contribution in [0.25, 0.3) is 0 Å². The maximum absolute atomic E-state index is 12.1. The van der Waals surface area contributed by atoms with E-state index >= 15 is 0 Å². The van der Waals surface area contributed by atoms with Gasteiger partial charge in [0, 0.05) is 18.7 Å². The summed E-state index contributed by atoms with van der Waals surface area (Å²) < 4.78 is 0. The SMILES string of the molecule is CC(C)C(CNC(=O)c1ccc([N+](=O)[O-])cc1Cl)C(C)C. The lowest BCUT2D eigenvalue weighted by Crippen LogP contribution is -2.34. The zero-order valence-corrected chi connectivity index (χ0v) is 13.5. The van der Waals surface area contributed by atoms with E-state index < -0.39 is 4.92 Å². The summed E-state index contributed by atoms with van der Waals surface area (Å²) in [4.78, 5) is 22.2. The number of benzene rings is 1. The minimum absolute atomic E-state index is 0.0901. The first-order valence-electron chi connectivity index (χ1n) is 6.96. The van der Waals surface area contributed by atoms with Crippen LogP contribution >= 0.6 is 11.6 Å². The number of nitrogens with zero attached hydrogens (tertiary/aromatic N) is 1. The number of carbonyl (C=O) groups is 1. The molecular formula is C15H21ClN2O3. The Morgan fingerprint density at radius 3 is 2.29 bits per heavy atom. The Kier molecular flexibility index (Phi) is 6.15. The molecule has 0 aliphatic heterocycles. The van der Waals surface area contributed by atoms with Crippen LogP contribution in [0.4, 0.5) is 5.69 Å². The quantitative estimate of drug-likeness (QED) is 0.639. The molecule has 1 aromatic rings. The molecule has 0 saturated carbocycles. The Hall–Kier alpha value is -1.62. The molecule has 116 valence electrons. The van der Waals surface area contributed by atoms with Crippen LogP contribution in [0.1, 0.15) is 38.1 Å². The van der Waals surface area contributed by atoms with Gasteiger partial charge < -0.3 is 5.32 Å². The van der Waals surface area contributed by atoms with E-state index in [4.69, 9.17) is 11.6 Å². The highest BCUT2D eigenvalue weighted by molar-refractivity contribution is 6.34. The number of amides is 1. The molecule has 1 aromatic carbocycles. The van der Waals surface area contributed by atoms with Gasteiger partial charge in [0.05, 0.1) is 15.5 Å². The van der Waals surface area contributed by atoms with Gasteiger partial charge in [0.1, 0.15) is 0 Å². The fourth-order valence-electron chi connectivity index (χ4n) is 2.35. The fraction of sp³-hybridized carbons (Fsp3) is 0.533. The van der Waals surface area contributed by atoms with Gasteiger partial charge in [-0.2, -0.15) is 0 Å². The Balaban J connectivity index is 2.78. The van der Waals surface area contributed by atoms with Crippen molar-refractivity contribution in [3.05, 3.63) is 38.9 Å². The lowest BCUT2D eigenvalue weighted by molar-refractivity contribution is -0.384. The monoisotopic (exact) mass is 312 g/mol. The molecule has 0 unspecified atom stereocenters. The number of hydrogen-bond donors (Lipinski definition) is 1. The Morgan fingerprint density at radius 2 is 1.86 bits per heavy atom. The van der Waals surface area contributed by atoms with Gasteiger partial charge >= 0.3 is 0 Å². The lowest BCUT2D eigenvalue weighted by Gasteiger charge is -2.25. The van der Waals surface area contributed by atoms with Crippen molar-refractivity contribution in [2.24, 2.45) is 17.8 Å².